The van der Waals surface area contributed by atoms with E-state index in [1.165, 1.54) is 18.2 Å². The van der Waals surface area contributed by atoms with Gasteiger partial charge < -0.3 is 10.4 Å². The molecule has 0 saturated heterocycles. The van der Waals surface area contributed by atoms with Crippen molar-refractivity contribution < 1.29 is 23.1 Å². The van der Waals surface area contributed by atoms with Gasteiger partial charge in [0, 0.05) is 11.4 Å². The number of halogens is 3. The Labute approximate surface area is 119 Å². The Kier molecular flexibility index (Phi) is 3.88. The maximum atomic E-state index is 12.4. The van der Waals surface area contributed by atoms with E-state index in [2.05, 4.69) is 5.32 Å². The van der Waals surface area contributed by atoms with Crippen LogP contribution in [-0.2, 0) is 6.18 Å². The smallest absolute Gasteiger partial charge is 0.416 e. The van der Waals surface area contributed by atoms with Gasteiger partial charge in [0.15, 0.2) is 0 Å². The van der Waals surface area contributed by atoms with Crippen LogP contribution in [0.5, 0.6) is 0 Å². The first-order chi connectivity index (χ1) is 9.77. The fraction of sp³-hybridized carbons (Fsp3) is 0.133. The average Bonchev–Trinajstić information content (AvgIpc) is 2.38. The van der Waals surface area contributed by atoms with Crippen LogP contribution in [0.4, 0.5) is 24.5 Å². The standard InChI is InChI=1S/C15H12F3NO2/c1-9-8-12(6-7-13(9)14(20)21)19-11-4-2-10(3-5-11)15(16,17)18/h2-8,19H,1H3,(H,20,21). The SMILES string of the molecule is Cc1cc(Nc2ccc(C(F)(F)F)cc2)ccc1C(=O)O. The summed E-state index contributed by atoms with van der Waals surface area (Å²) >= 11 is 0. The molecule has 0 saturated carbocycles. The fourth-order valence-corrected chi connectivity index (χ4v) is 1.89. The quantitative estimate of drug-likeness (QED) is 0.879. The molecule has 0 unspecified atom stereocenters. The highest BCUT2D eigenvalue weighted by Gasteiger charge is 2.29. The second-order valence-corrected chi connectivity index (χ2v) is 4.53. The van der Waals surface area contributed by atoms with E-state index in [9.17, 15) is 18.0 Å². The molecule has 0 spiro atoms. The molecule has 110 valence electrons. The van der Waals surface area contributed by atoms with Gasteiger partial charge in [-0.3, -0.25) is 0 Å². The first kappa shape index (κ1) is 14.9. The molecule has 21 heavy (non-hydrogen) atoms. The van der Waals surface area contributed by atoms with Gasteiger partial charge in [0.25, 0.3) is 0 Å². The highest BCUT2D eigenvalue weighted by Crippen LogP contribution is 2.30. The Morgan fingerprint density at radius 2 is 1.62 bits per heavy atom. The van der Waals surface area contributed by atoms with Gasteiger partial charge in [0.1, 0.15) is 0 Å². The molecule has 2 rings (SSSR count). The number of rotatable bonds is 3. The van der Waals surface area contributed by atoms with Crippen molar-refractivity contribution in [3.8, 4) is 0 Å². The average molecular weight is 295 g/mol. The van der Waals surface area contributed by atoms with Gasteiger partial charge in [-0.15, -0.1) is 0 Å². The molecule has 0 aliphatic heterocycles. The van der Waals surface area contributed by atoms with Crippen molar-refractivity contribution in [1.82, 2.24) is 0 Å². The number of hydrogen-bond acceptors (Lipinski definition) is 2. The number of aryl methyl sites for hydroxylation is 1. The van der Waals surface area contributed by atoms with Crippen LogP contribution in [0.2, 0.25) is 0 Å². The summed E-state index contributed by atoms with van der Waals surface area (Å²) in [6.45, 7) is 1.65. The van der Waals surface area contributed by atoms with E-state index in [0.717, 1.165) is 12.1 Å². The zero-order valence-corrected chi connectivity index (χ0v) is 11.0. The Bertz CT molecular complexity index is 664. The van der Waals surface area contributed by atoms with Gasteiger partial charge in [0.05, 0.1) is 11.1 Å². The van der Waals surface area contributed by atoms with Crippen LogP contribution < -0.4 is 5.32 Å². The van der Waals surface area contributed by atoms with Gasteiger partial charge in [-0.25, -0.2) is 4.79 Å². The van der Waals surface area contributed by atoms with Crippen molar-refractivity contribution in [1.29, 1.82) is 0 Å². The van der Waals surface area contributed by atoms with Crippen LogP contribution >= 0.6 is 0 Å². The third-order valence-corrected chi connectivity index (χ3v) is 2.96. The second kappa shape index (κ2) is 5.47. The van der Waals surface area contributed by atoms with Crippen molar-refractivity contribution in [3.63, 3.8) is 0 Å². The number of alkyl halides is 3. The summed E-state index contributed by atoms with van der Waals surface area (Å²) in [6, 6.07) is 9.26. The highest BCUT2D eigenvalue weighted by molar-refractivity contribution is 5.90. The van der Waals surface area contributed by atoms with Crippen LogP contribution in [0.1, 0.15) is 21.5 Å². The number of nitrogens with one attached hydrogen (secondary N) is 1. The number of benzene rings is 2. The summed E-state index contributed by atoms with van der Waals surface area (Å²) in [4.78, 5) is 10.9. The topological polar surface area (TPSA) is 49.3 Å². The number of hydrogen-bond donors (Lipinski definition) is 2. The Morgan fingerprint density at radius 3 is 2.10 bits per heavy atom. The molecule has 2 N–H and O–H groups in total. The normalized spacial score (nSPS) is 11.2. The minimum absolute atomic E-state index is 0.188. The summed E-state index contributed by atoms with van der Waals surface area (Å²) in [5.41, 5.74) is 1.14. The molecule has 0 radical (unpaired) electrons. The summed E-state index contributed by atoms with van der Waals surface area (Å²) in [7, 11) is 0. The lowest BCUT2D eigenvalue weighted by Gasteiger charge is -2.11. The minimum atomic E-state index is -4.36. The molecule has 0 aliphatic carbocycles. The number of carboxylic acids is 1. The zero-order valence-electron chi connectivity index (χ0n) is 11.0. The maximum Gasteiger partial charge on any atom is 0.416 e. The molecule has 3 nitrogen and oxygen atoms in total. The summed E-state index contributed by atoms with van der Waals surface area (Å²) in [5, 5.41) is 11.9. The summed E-state index contributed by atoms with van der Waals surface area (Å²) in [6.07, 6.45) is -4.36. The van der Waals surface area contributed by atoms with E-state index in [4.69, 9.17) is 5.11 Å². The predicted molar refractivity (Wildman–Crippen MR) is 72.9 cm³/mol. The highest BCUT2D eigenvalue weighted by atomic mass is 19.4. The van der Waals surface area contributed by atoms with E-state index < -0.39 is 17.7 Å². The third-order valence-electron chi connectivity index (χ3n) is 2.96. The van der Waals surface area contributed by atoms with Crippen LogP contribution in [0.3, 0.4) is 0 Å². The Hall–Kier alpha value is -2.50. The minimum Gasteiger partial charge on any atom is -0.478 e. The van der Waals surface area contributed by atoms with Crippen LogP contribution in [0, 0.1) is 6.92 Å². The molecule has 0 aromatic heterocycles. The lowest BCUT2D eigenvalue weighted by atomic mass is 10.1. The van der Waals surface area contributed by atoms with Crippen LogP contribution in [-0.4, -0.2) is 11.1 Å². The van der Waals surface area contributed by atoms with Crippen molar-refractivity contribution in [2.24, 2.45) is 0 Å². The fourth-order valence-electron chi connectivity index (χ4n) is 1.89. The van der Waals surface area contributed by atoms with Gasteiger partial charge >= 0.3 is 12.1 Å². The number of carboxylic acid groups (broad SMARTS) is 1. The Morgan fingerprint density at radius 1 is 1.05 bits per heavy atom. The van der Waals surface area contributed by atoms with Gasteiger partial charge in [-0.05, 0) is 55.0 Å². The largest absolute Gasteiger partial charge is 0.478 e. The third kappa shape index (κ3) is 3.53. The molecule has 0 bridgehead atoms. The lowest BCUT2D eigenvalue weighted by Crippen LogP contribution is -2.04. The van der Waals surface area contributed by atoms with E-state index >= 15 is 0 Å². The Balaban J connectivity index is 2.19. The molecule has 0 heterocycles. The van der Waals surface area contributed by atoms with Crippen molar-refractivity contribution in [2.45, 2.75) is 13.1 Å². The molecule has 6 heteroatoms. The number of carbonyl (C=O) groups is 1. The summed E-state index contributed by atoms with van der Waals surface area (Å²) < 4.78 is 37.3. The second-order valence-electron chi connectivity index (χ2n) is 4.53. The van der Waals surface area contributed by atoms with Crippen LogP contribution in [0.15, 0.2) is 42.5 Å². The van der Waals surface area contributed by atoms with E-state index in [-0.39, 0.29) is 5.56 Å². The lowest BCUT2D eigenvalue weighted by molar-refractivity contribution is -0.137. The maximum absolute atomic E-state index is 12.4. The molecule has 2 aromatic carbocycles. The molecule has 0 atom stereocenters. The first-order valence-corrected chi connectivity index (χ1v) is 6.05. The molecular formula is C15H12F3NO2. The van der Waals surface area contributed by atoms with Crippen molar-refractivity contribution >= 4 is 17.3 Å². The first-order valence-electron chi connectivity index (χ1n) is 6.05. The van der Waals surface area contributed by atoms with Gasteiger partial charge in [0.2, 0.25) is 0 Å². The van der Waals surface area contributed by atoms with Crippen molar-refractivity contribution in [2.75, 3.05) is 5.32 Å². The number of anilines is 2. The molecular weight excluding hydrogens is 283 g/mol. The predicted octanol–water partition coefficient (Wildman–Crippen LogP) is 4.46. The molecule has 0 fully saturated rings. The number of aromatic carboxylic acids is 1. The molecule has 2 aromatic rings. The monoisotopic (exact) mass is 295 g/mol. The van der Waals surface area contributed by atoms with Gasteiger partial charge in [-0.2, -0.15) is 13.2 Å². The van der Waals surface area contributed by atoms with Crippen molar-refractivity contribution in [3.05, 3.63) is 59.2 Å². The molecule has 0 amide bonds. The molecule has 0 aliphatic rings. The zero-order chi connectivity index (χ0) is 15.6. The van der Waals surface area contributed by atoms with E-state index in [1.807, 2.05) is 0 Å². The van der Waals surface area contributed by atoms with Crippen LogP contribution in [0.25, 0.3) is 0 Å². The van der Waals surface area contributed by atoms with Gasteiger partial charge in [-0.1, -0.05) is 0 Å². The van der Waals surface area contributed by atoms with E-state index in [0.29, 0.717) is 16.9 Å². The summed E-state index contributed by atoms with van der Waals surface area (Å²) in [5.74, 6) is -1.02. The van der Waals surface area contributed by atoms with E-state index in [1.54, 1.807) is 19.1 Å².